The molecular formula is C20H23NO. The third kappa shape index (κ3) is 2.66. The van der Waals surface area contributed by atoms with Crippen molar-refractivity contribution in [1.29, 1.82) is 0 Å². The molecule has 0 amide bonds. The van der Waals surface area contributed by atoms with Crippen molar-refractivity contribution in [3.8, 4) is 11.1 Å². The molecule has 2 nitrogen and oxygen atoms in total. The number of hydrogen-bond donors (Lipinski definition) is 0. The first-order valence-electron chi connectivity index (χ1n) is 8.06. The second-order valence-corrected chi connectivity index (χ2v) is 6.05. The molecule has 0 atom stereocenters. The lowest BCUT2D eigenvalue weighted by molar-refractivity contribution is 0.244. The highest BCUT2D eigenvalue weighted by Crippen LogP contribution is 2.32. The highest BCUT2D eigenvalue weighted by Gasteiger charge is 2.34. The summed E-state index contributed by atoms with van der Waals surface area (Å²) < 4.78 is 5.97. The van der Waals surface area contributed by atoms with E-state index in [9.17, 15) is 0 Å². The number of nitrogens with zero attached hydrogens (tertiary/aromatic N) is 1. The van der Waals surface area contributed by atoms with E-state index in [0.717, 1.165) is 24.3 Å². The van der Waals surface area contributed by atoms with Crippen LogP contribution in [0.15, 0.2) is 53.5 Å². The summed E-state index contributed by atoms with van der Waals surface area (Å²) >= 11 is 0. The Morgan fingerprint density at radius 3 is 2.18 bits per heavy atom. The molecule has 0 unspecified atom stereocenters. The van der Waals surface area contributed by atoms with Crippen LogP contribution in [0.5, 0.6) is 0 Å². The van der Waals surface area contributed by atoms with Crippen LogP contribution in [-0.2, 0) is 4.74 Å². The van der Waals surface area contributed by atoms with E-state index in [1.54, 1.807) is 0 Å². The summed E-state index contributed by atoms with van der Waals surface area (Å²) in [4.78, 5) is 4.92. The molecule has 1 heterocycles. The fourth-order valence-electron chi connectivity index (χ4n) is 2.89. The smallest absolute Gasteiger partial charge is 0.217 e. The van der Waals surface area contributed by atoms with Crippen molar-refractivity contribution in [2.24, 2.45) is 4.99 Å². The Morgan fingerprint density at radius 1 is 0.955 bits per heavy atom. The van der Waals surface area contributed by atoms with E-state index < -0.39 is 0 Å². The van der Waals surface area contributed by atoms with Gasteiger partial charge >= 0.3 is 0 Å². The monoisotopic (exact) mass is 293 g/mol. The minimum Gasteiger partial charge on any atom is -0.475 e. The molecule has 0 aliphatic carbocycles. The predicted octanol–water partition coefficient (Wildman–Crippen LogP) is 5.00. The van der Waals surface area contributed by atoms with Crippen molar-refractivity contribution >= 4 is 5.90 Å². The van der Waals surface area contributed by atoms with E-state index in [4.69, 9.17) is 9.73 Å². The number of aryl methyl sites for hydroxylation is 1. The van der Waals surface area contributed by atoms with E-state index in [-0.39, 0.29) is 5.54 Å². The van der Waals surface area contributed by atoms with Gasteiger partial charge in [0.05, 0.1) is 5.54 Å². The minimum atomic E-state index is -0.0459. The van der Waals surface area contributed by atoms with Crippen LogP contribution >= 0.6 is 0 Å². The van der Waals surface area contributed by atoms with Crippen LogP contribution in [0.1, 0.15) is 37.8 Å². The second-order valence-electron chi connectivity index (χ2n) is 6.05. The summed E-state index contributed by atoms with van der Waals surface area (Å²) in [5.74, 6) is 0.792. The molecule has 0 saturated heterocycles. The van der Waals surface area contributed by atoms with Crippen molar-refractivity contribution in [3.63, 3.8) is 0 Å². The van der Waals surface area contributed by atoms with Crippen LogP contribution in [0.3, 0.4) is 0 Å². The number of benzene rings is 2. The van der Waals surface area contributed by atoms with Gasteiger partial charge in [-0.2, -0.15) is 0 Å². The molecule has 114 valence electrons. The molecule has 22 heavy (non-hydrogen) atoms. The lowest BCUT2D eigenvalue weighted by Gasteiger charge is -2.18. The summed E-state index contributed by atoms with van der Waals surface area (Å²) in [5.41, 5.74) is 4.71. The van der Waals surface area contributed by atoms with E-state index in [1.165, 1.54) is 16.7 Å². The quantitative estimate of drug-likeness (QED) is 0.777. The van der Waals surface area contributed by atoms with E-state index in [1.807, 2.05) is 0 Å². The number of hydrogen-bond acceptors (Lipinski definition) is 2. The molecular weight excluding hydrogens is 270 g/mol. The largest absolute Gasteiger partial charge is 0.475 e. The average Bonchev–Trinajstić information content (AvgIpc) is 3.01. The van der Waals surface area contributed by atoms with Crippen LogP contribution in [0.25, 0.3) is 11.1 Å². The molecule has 0 radical (unpaired) electrons. The van der Waals surface area contributed by atoms with Crippen molar-refractivity contribution in [1.82, 2.24) is 0 Å². The highest BCUT2D eigenvalue weighted by molar-refractivity contribution is 6.01. The summed E-state index contributed by atoms with van der Waals surface area (Å²) in [6.07, 6.45) is 2.03. The van der Waals surface area contributed by atoms with Gasteiger partial charge in [0.2, 0.25) is 5.90 Å². The zero-order valence-corrected chi connectivity index (χ0v) is 13.6. The zero-order chi connectivity index (χ0) is 15.6. The van der Waals surface area contributed by atoms with Crippen molar-refractivity contribution in [3.05, 3.63) is 59.7 Å². The highest BCUT2D eigenvalue weighted by atomic mass is 16.5. The normalized spacial score (nSPS) is 16.2. The number of rotatable bonds is 4. The Balaban J connectivity index is 2.04. The Bertz CT molecular complexity index is 681. The summed E-state index contributed by atoms with van der Waals surface area (Å²) in [6, 6.07) is 17.0. The number of aliphatic imine (C=N–C) groups is 1. The molecule has 0 bridgehead atoms. The Morgan fingerprint density at radius 2 is 1.59 bits per heavy atom. The lowest BCUT2D eigenvalue weighted by atomic mass is 9.95. The van der Waals surface area contributed by atoms with Gasteiger partial charge in [-0.15, -0.1) is 0 Å². The molecule has 2 heteroatoms. The van der Waals surface area contributed by atoms with Gasteiger partial charge in [-0.25, -0.2) is 4.99 Å². The average molecular weight is 293 g/mol. The first-order valence-corrected chi connectivity index (χ1v) is 8.06. The summed E-state index contributed by atoms with van der Waals surface area (Å²) in [7, 11) is 0. The van der Waals surface area contributed by atoms with Gasteiger partial charge in [0, 0.05) is 5.56 Å². The predicted molar refractivity (Wildman–Crippen MR) is 92.4 cm³/mol. The Labute approximate surface area is 132 Å². The van der Waals surface area contributed by atoms with Gasteiger partial charge in [0.25, 0.3) is 0 Å². The molecule has 0 spiro atoms. The maximum Gasteiger partial charge on any atom is 0.217 e. The van der Waals surface area contributed by atoms with Gasteiger partial charge in [-0.3, -0.25) is 0 Å². The van der Waals surface area contributed by atoms with Gasteiger partial charge in [0.15, 0.2) is 0 Å². The summed E-state index contributed by atoms with van der Waals surface area (Å²) in [5, 5.41) is 0. The molecule has 3 rings (SSSR count). The topological polar surface area (TPSA) is 21.6 Å². The van der Waals surface area contributed by atoms with Gasteiger partial charge in [-0.05, 0) is 37.0 Å². The molecule has 0 N–H and O–H groups in total. The lowest BCUT2D eigenvalue weighted by Crippen LogP contribution is -2.25. The third-order valence-electron chi connectivity index (χ3n) is 4.65. The van der Waals surface area contributed by atoms with Crippen molar-refractivity contribution < 1.29 is 4.74 Å². The van der Waals surface area contributed by atoms with Crippen molar-refractivity contribution in [2.75, 3.05) is 6.61 Å². The van der Waals surface area contributed by atoms with E-state index >= 15 is 0 Å². The first-order chi connectivity index (χ1) is 10.7. The zero-order valence-electron chi connectivity index (χ0n) is 13.6. The van der Waals surface area contributed by atoms with Crippen molar-refractivity contribution in [2.45, 2.75) is 39.2 Å². The Hall–Kier alpha value is -2.09. The third-order valence-corrected chi connectivity index (χ3v) is 4.65. The standard InChI is InChI=1S/C20H23NO/c1-4-20(5-2)14-22-19(21-20)18-9-7-6-8-17(18)16-12-10-15(3)11-13-16/h6-13H,4-5,14H2,1-3H3. The molecule has 0 saturated carbocycles. The minimum absolute atomic E-state index is 0.0459. The molecule has 0 fully saturated rings. The van der Waals surface area contributed by atoms with Crippen LogP contribution in [0.2, 0.25) is 0 Å². The fourth-order valence-corrected chi connectivity index (χ4v) is 2.89. The van der Waals surface area contributed by atoms with Gasteiger partial charge < -0.3 is 4.74 Å². The molecule has 2 aromatic rings. The maximum atomic E-state index is 5.97. The number of ether oxygens (including phenoxy) is 1. The van der Waals surface area contributed by atoms with E-state index in [2.05, 4.69) is 69.3 Å². The van der Waals surface area contributed by atoms with Gasteiger partial charge in [-0.1, -0.05) is 61.9 Å². The van der Waals surface area contributed by atoms with Gasteiger partial charge in [0.1, 0.15) is 6.61 Å². The molecule has 0 aromatic heterocycles. The van der Waals surface area contributed by atoms with Crippen LogP contribution < -0.4 is 0 Å². The van der Waals surface area contributed by atoms with Crippen LogP contribution in [-0.4, -0.2) is 18.0 Å². The van der Waals surface area contributed by atoms with Crippen LogP contribution in [0, 0.1) is 6.92 Å². The molecule has 1 aliphatic heterocycles. The molecule has 2 aromatic carbocycles. The summed E-state index contributed by atoms with van der Waals surface area (Å²) in [6.45, 7) is 7.17. The SMILES string of the molecule is CCC1(CC)COC(c2ccccc2-c2ccc(C)cc2)=N1. The van der Waals surface area contributed by atoms with Crippen LogP contribution in [0.4, 0.5) is 0 Å². The maximum absolute atomic E-state index is 5.97. The molecule has 1 aliphatic rings. The Kier molecular flexibility index (Phi) is 4.02. The van der Waals surface area contributed by atoms with E-state index in [0.29, 0.717) is 6.61 Å². The first kappa shape index (κ1) is 14.8. The second kappa shape index (κ2) is 5.96. The fraction of sp³-hybridized carbons (Fsp3) is 0.350.